The van der Waals surface area contributed by atoms with Crippen LogP contribution in [0.5, 0.6) is 0 Å². The number of aromatic nitrogens is 3. The Morgan fingerprint density at radius 1 is 1.21 bits per heavy atom. The van der Waals surface area contributed by atoms with Crippen LogP contribution in [-0.4, -0.2) is 56.8 Å². The minimum atomic E-state index is 0.279. The summed E-state index contributed by atoms with van der Waals surface area (Å²) in [6, 6.07) is 1.80. The van der Waals surface area contributed by atoms with Crippen molar-refractivity contribution in [3.63, 3.8) is 0 Å². The molecule has 1 saturated heterocycles. The predicted molar refractivity (Wildman–Crippen MR) is 94.5 cm³/mol. The molecule has 2 aromatic heterocycles. The van der Waals surface area contributed by atoms with Crippen molar-refractivity contribution >= 4 is 17.2 Å². The molecule has 0 saturated carbocycles. The van der Waals surface area contributed by atoms with Crippen molar-refractivity contribution in [1.82, 2.24) is 24.8 Å². The molecule has 128 valence electrons. The Labute approximate surface area is 146 Å². The van der Waals surface area contributed by atoms with Crippen LogP contribution in [0.25, 0.3) is 10.8 Å². The quantitative estimate of drug-likeness (QED) is 0.832. The largest absolute Gasteiger partial charge is 0.340 e. The number of piperazine rings is 1. The average Bonchev–Trinajstić information content (AvgIpc) is 3.04. The lowest BCUT2D eigenvalue weighted by molar-refractivity contribution is -0.133. The molecule has 0 N–H and O–H groups in total. The zero-order chi connectivity index (χ0) is 16.9. The summed E-state index contributed by atoms with van der Waals surface area (Å²) in [6.45, 7) is 8.41. The summed E-state index contributed by atoms with van der Waals surface area (Å²) < 4.78 is 0. The van der Waals surface area contributed by atoms with Crippen LogP contribution in [0.3, 0.4) is 0 Å². The molecule has 0 atom stereocenters. The number of carbonyl (C=O) groups is 1. The van der Waals surface area contributed by atoms with Gasteiger partial charge in [-0.25, -0.2) is 15.0 Å². The van der Waals surface area contributed by atoms with E-state index in [9.17, 15) is 4.79 Å². The third-order valence-electron chi connectivity index (χ3n) is 4.00. The smallest absolute Gasteiger partial charge is 0.222 e. The fourth-order valence-corrected chi connectivity index (χ4v) is 3.51. The second-order valence-corrected chi connectivity index (χ2v) is 7.33. The Morgan fingerprint density at radius 3 is 2.58 bits per heavy atom. The van der Waals surface area contributed by atoms with Gasteiger partial charge in [0.25, 0.3) is 0 Å². The Morgan fingerprint density at radius 2 is 1.92 bits per heavy atom. The third kappa shape index (κ3) is 4.36. The summed E-state index contributed by atoms with van der Waals surface area (Å²) in [5.41, 5.74) is 1.05. The molecule has 1 aliphatic rings. The highest BCUT2D eigenvalue weighted by atomic mass is 32.1. The maximum atomic E-state index is 12.1. The summed E-state index contributed by atoms with van der Waals surface area (Å²) in [4.78, 5) is 29.6. The third-order valence-corrected chi connectivity index (χ3v) is 4.89. The Hall–Kier alpha value is -1.86. The molecule has 0 unspecified atom stereocenters. The SMILES string of the molecule is CC(C)CC(=O)N1CCN(Cc2csc(-c3ncccn3)n2)CC1. The first-order valence-electron chi connectivity index (χ1n) is 8.33. The molecule has 1 fully saturated rings. The normalized spacial score (nSPS) is 15.9. The van der Waals surface area contributed by atoms with Gasteiger partial charge in [-0.05, 0) is 12.0 Å². The monoisotopic (exact) mass is 345 g/mol. The van der Waals surface area contributed by atoms with E-state index in [1.807, 2.05) is 4.90 Å². The Balaban J connectivity index is 1.52. The zero-order valence-electron chi connectivity index (χ0n) is 14.2. The van der Waals surface area contributed by atoms with E-state index >= 15 is 0 Å². The Kier molecular flexibility index (Phi) is 5.52. The molecule has 3 rings (SSSR count). The van der Waals surface area contributed by atoms with Gasteiger partial charge in [-0.2, -0.15) is 0 Å². The number of rotatable bonds is 5. The molecule has 0 bridgehead atoms. The molecule has 2 aromatic rings. The van der Waals surface area contributed by atoms with Gasteiger partial charge in [0.05, 0.1) is 5.69 Å². The maximum Gasteiger partial charge on any atom is 0.222 e. The van der Waals surface area contributed by atoms with Gasteiger partial charge >= 0.3 is 0 Å². The van der Waals surface area contributed by atoms with Gasteiger partial charge in [-0.1, -0.05) is 13.8 Å². The molecule has 0 aliphatic carbocycles. The molecule has 0 radical (unpaired) electrons. The number of hydrogen-bond acceptors (Lipinski definition) is 6. The zero-order valence-corrected chi connectivity index (χ0v) is 15.0. The second-order valence-electron chi connectivity index (χ2n) is 6.47. The van der Waals surface area contributed by atoms with Crippen molar-refractivity contribution < 1.29 is 4.79 Å². The molecule has 7 heteroatoms. The van der Waals surface area contributed by atoms with Crippen molar-refractivity contribution in [2.24, 2.45) is 5.92 Å². The molecular formula is C17H23N5OS. The first-order valence-corrected chi connectivity index (χ1v) is 9.21. The van der Waals surface area contributed by atoms with Gasteiger partial charge in [-0.15, -0.1) is 11.3 Å². The molecular weight excluding hydrogens is 322 g/mol. The van der Waals surface area contributed by atoms with E-state index in [1.54, 1.807) is 29.8 Å². The van der Waals surface area contributed by atoms with E-state index in [4.69, 9.17) is 0 Å². The standard InChI is InChI=1S/C17H23N5OS/c1-13(2)10-15(23)22-8-6-21(7-9-22)11-14-12-24-17(20-14)16-18-4-3-5-19-16/h3-5,12-13H,6-11H2,1-2H3. The predicted octanol–water partition coefficient (Wildman–Crippen LogP) is 2.29. The van der Waals surface area contributed by atoms with E-state index in [0.29, 0.717) is 18.2 Å². The van der Waals surface area contributed by atoms with Crippen LogP contribution < -0.4 is 0 Å². The second kappa shape index (κ2) is 7.81. The van der Waals surface area contributed by atoms with Gasteiger partial charge in [0.2, 0.25) is 5.91 Å². The van der Waals surface area contributed by atoms with E-state index in [-0.39, 0.29) is 5.91 Å². The van der Waals surface area contributed by atoms with Crippen LogP contribution in [-0.2, 0) is 11.3 Å². The number of amides is 1. The average molecular weight is 345 g/mol. The summed E-state index contributed by atoms with van der Waals surface area (Å²) in [6.07, 6.45) is 4.11. The summed E-state index contributed by atoms with van der Waals surface area (Å²) in [7, 11) is 0. The summed E-state index contributed by atoms with van der Waals surface area (Å²) in [5, 5.41) is 2.93. The van der Waals surface area contributed by atoms with Crippen LogP contribution in [0, 0.1) is 5.92 Å². The van der Waals surface area contributed by atoms with E-state index in [1.165, 1.54) is 0 Å². The van der Waals surface area contributed by atoms with Crippen LogP contribution >= 0.6 is 11.3 Å². The first kappa shape index (κ1) is 17.0. The highest BCUT2D eigenvalue weighted by Gasteiger charge is 2.22. The summed E-state index contributed by atoms with van der Waals surface area (Å²) >= 11 is 1.58. The van der Waals surface area contributed by atoms with Crippen molar-refractivity contribution in [3.8, 4) is 10.8 Å². The highest BCUT2D eigenvalue weighted by molar-refractivity contribution is 7.13. The van der Waals surface area contributed by atoms with Crippen LogP contribution in [0.1, 0.15) is 26.0 Å². The minimum Gasteiger partial charge on any atom is -0.340 e. The lowest BCUT2D eigenvalue weighted by Crippen LogP contribution is -2.48. The van der Waals surface area contributed by atoms with Crippen molar-refractivity contribution in [1.29, 1.82) is 0 Å². The maximum absolute atomic E-state index is 12.1. The van der Waals surface area contributed by atoms with Crippen molar-refractivity contribution in [2.45, 2.75) is 26.8 Å². The minimum absolute atomic E-state index is 0.279. The van der Waals surface area contributed by atoms with E-state index in [2.05, 4.69) is 39.1 Å². The lowest BCUT2D eigenvalue weighted by atomic mass is 10.1. The molecule has 0 spiro atoms. The van der Waals surface area contributed by atoms with Crippen LogP contribution in [0.2, 0.25) is 0 Å². The van der Waals surface area contributed by atoms with Crippen molar-refractivity contribution in [3.05, 3.63) is 29.5 Å². The Bertz CT molecular complexity index is 665. The van der Waals surface area contributed by atoms with Crippen molar-refractivity contribution in [2.75, 3.05) is 26.2 Å². The molecule has 1 amide bonds. The molecule has 24 heavy (non-hydrogen) atoms. The topological polar surface area (TPSA) is 62.2 Å². The number of thiazole rings is 1. The highest BCUT2D eigenvalue weighted by Crippen LogP contribution is 2.21. The molecule has 1 aliphatic heterocycles. The van der Waals surface area contributed by atoms with Crippen LogP contribution in [0.15, 0.2) is 23.8 Å². The van der Waals surface area contributed by atoms with Crippen LogP contribution in [0.4, 0.5) is 0 Å². The summed E-state index contributed by atoms with van der Waals surface area (Å²) in [5.74, 6) is 1.38. The molecule has 3 heterocycles. The fraction of sp³-hybridized carbons (Fsp3) is 0.529. The number of hydrogen-bond donors (Lipinski definition) is 0. The number of carbonyl (C=O) groups excluding carboxylic acids is 1. The van der Waals surface area contributed by atoms with E-state index < -0.39 is 0 Å². The van der Waals surface area contributed by atoms with Gasteiger partial charge in [0, 0.05) is 56.9 Å². The number of nitrogens with zero attached hydrogens (tertiary/aromatic N) is 5. The molecule has 6 nitrogen and oxygen atoms in total. The van der Waals surface area contributed by atoms with E-state index in [0.717, 1.165) is 43.4 Å². The van der Waals surface area contributed by atoms with Gasteiger partial charge in [0.1, 0.15) is 0 Å². The van der Waals surface area contributed by atoms with Gasteiger partial charge in [-0.3, -0.25) is 9.69 Å². The lowest BCUT2D eigenvalue weighted by Gasteiger charge is -2.34. The van der Waals surface area contributed by atoms with Gasteiger partial charge < -0.3 is 4.90 Å². The molecule has 0 aromatic carbocycles. The fourth-order valence-electron chi connectivity index (χ4n) is 2.75. The van der Waals surface area contributed by atoms with Gasteiger partial charge in [0.15, 0.2) is 10.8 Å². The first-order chi connectivity index (χ1) is 11.6.